The summed E-state index contributed by atoms with van der Waals surface area (Å²) < 4.78 is 29.6. The Labute approximate surface area is 294 Å². The second kappa shape index (κ2) is 11.1. The van der Waals surface area contributed by atoms with Crippen LogP contribution in [0.4, 0.5) is 11.4 Å². The van der Waals surface area contributed by atoms with Gasteiger partial charge in [-0.15, -0.1) is 0 Å². The van der Waals surface area contributed by atoms with Gasteiger partial charge in [-0.25, -0.2) is 18.2 Å². The molecule has 216 valence electrons. The lowest BCUT2D eigenvalue weighted by atomic mass is 10.1. The highest BCUT2D eigenvalue weighted by Crippen LogP contribution is 2.49. The van der Waals surface area contributed by atoms with Crippen molar-refractivity contribution in [1.82, 2.24) is 0 Å². The molecular formula is C28H10Br6N2O6S. The molecule has 6 rings (SSSR count). The number of carbonyl (C=O) groups excluding carboxylic acids is 4. The number of hydrogen-bond acceptors (Lipinski definition) is 6. The van der Waals surface area contributed by atoms with Crippen LogP contribution in [-0.4, -0.2) is 32.0 Å². The normalized spacial score (nSPS) is 14.6. The van der Waals surface area contributed by atoms with Crippen LogP contribution >= 0.6 is 95.6 Å². The molecular weight excluding hydrogens is 972 g/mol. The summed E-state index contributed by atoms with van der Waals surface area (Å²) in [5.74, 6) is -3.01. The van der Waals surface area contributed by atoms with Gasteiger partial charge >= 0.3 is 0 Å². The van der Waals surface area contributed by atoms with E-state index < -0.39 is 33.5 Å². The molecule has 8 nitrogen and oxygen atoms in total. The molecule has 0 unspecified atom stereocenters. The van der Waals surface area contributed by atoms with Crippen molar-refractivity contribution in [3.63, 3.8) is 0 Å². The minimum absolute atomic E-state index is 0.0327. The highest BCUT2D eigenvalue weighted by molar-refractivity contribution is 9.13. The molecule has 2 heterocycles. The van der Waals surface area contributed by atoms with Gasteiger partial charge in [-0.2, -0.15) is 0 Å². The summed E-state index contributed by atoms with van der Waals surface area (Å²) in [5.41, 5.74) is -0.221. The van der Waals surface area contributed by atoms with Crippen LogP contribution in [0.15, 0.2) is 97.3 Å². The Bertz CT molecular complexity index is 2120. The molecule has 0 radical (unpaired) electrons. The molecule has 2 aliphatic rings. The van der Waals surface area contributed by atoms with E-state index in [1.54, 1.807) is 30.3 Å². The van der Waals surface area contributed by atoms with E-state index in [9.17, 15) is 27.6 Å². The first kappa shape index (κ1) is 31.0. The number of benzene rings is 4. The van der Waals surface area contributed by atoms with Crippen molar-refractivity contribution in [3.8, 4) is 0 Å². The molecule has 4 aromatic carbocycles. The van der Waals surface area contributed by atoms with Crippen molar-refractivity contribution in [3.05, 3.63) is 110 Å². The van der Waals surface area contributed by atoms with E-state index in [4.69, 9.17) is 0 Å². The molecule has 0 aromatic heterocycles. The average Bonchev–Trinajstić information content (AvgIpc) is 3.36. The quantitative estimate of drug-likeness (QED) is 0.190. The van der Waals surface area contributed by atoms with Crippen molar-refractivity contribution in [1.29, 1.82) is 0 Å². The SMILES string of the molecule is O=C1c2ccc(Br)c(Br)c2C(=O)N1c1ccc(S(=O)(=O)c2ccccc2Br)c(Br)c1N1C(=O)c2ccc(Br)c(Br)c2C1=O. The van der Waals surface area contributed by atoms with E-state index in [0.717, 1.165) is 9.80 Å². The van der Waals surface area contributed by atoms with Crippen LogP contribution in [0.3, 0.4) is 0 Å². The summed E-state index contributed by atoms with van der Waals surface area (Å²) in [4.78, 5) is 56.5. The van der Waals surface area contributed by atoms with E-state index in [-0.39, 0.29) is 52.4 Å². The first-order valence-electron chi connectivity index (χ1n) is 11.8. The second-order valence-electron chi connectivity index (χ2n) is 9.14. The number of nitrogens with zero attached hydrogens (tertiary/aromatic N) is 2. The zero-order chi connectivity index (χ0) is 31.1. The summed E-state index contributed by atoms with van der Waals surface area (Å²) in [7, 11) is -4.26. The predicted octanol–water partition coefficient (Wildman–Crippen LogP) is 8.70. The van der Waals surface area contributed by atoms with Gasteiger partial charge < -0.3 is 0 Å². The summed E-state index contributed by atoms with van der Waals surface area (Å²) in [5, 5.41) is 0. The lowest BCUT2D eigenvalue weighted by Gasteiger charge is -2.25. The summed E-state index contributed by atoms with van der Waals surface area (Å²) in [6.07, 6.45) is 0. The summed E-state index contributed by atoms with van der Waals surface area (Å²) in [6.45, 7) is 0. The van der Waals surface area contributed by atoms with Crippen molar-refractivity contribution < 1.29 is 27.6 Å². The molecule has 0 saturated carbocycles. The van der Waals surface area contributed by atoms with Crippen LogP contribution in [0, 0.1) is 0 Å². The minimum atomic E-state index is -4.26. The molecule has 4 aromatic rings. The minimum Gasteiger partial charge on any atom is -0.268 e. The monoisotopic (exact) mass is 976 g/mol. The Morgan fingerprint density at radius 1 is 0.488 bits per heavy atom. The van der Waals surface area contributed by atoms with Crippen molar-refractivity contribution in [2.75, 3.05) is 9.80 Å². The molecule has 0 saturated heterocycles. The number of hydrogen-bond donors (Lipinski definition) is 0. The van der Waals surface area contributed by atoms with E-state index in [1.165, 1.54) is 30.3 Å². The maximum atomic E-state index is 13.9. The number of sulfone groups is 1. The van der Waals surface area contributed by atoms with Crippen LogP contribution in [-0.2, 0) is 9.84 Å². The molecule has 0 bridgehead atoms. The van der Waals surface area contributed by atoms with E-state index >= 15 is 0 Å². The number of rotatable bonds is 4. The molecule has 43 heavy (non-hydrogen) atoms. The van der Waals surface area contributed by atoms with E-state index in [1.807, 2.05) is 0 Å². The van der Waals surface area contributed by atoms with E-state index in [2.05, 4.69) is 95.6 Å². The van der Waals surface area contributed by atoms with Crippen LogP contribution in [0.1, 0.15) is 41.4 Å². The van der Waals surface area contributed by atoms with Gasteiger partial charge in [-0.05, 0) is 144 Å². The molecule has 2 aliphatic heterocycles. The molecule has 0 N–H and O–H groups in total. The molecule has 0 atom stereocenters. The third-order valence-electron chi connectivity index (χ3n) is 6.83. The highest BCUT2D eigenvalue weighted by atomic mass is 79.9. The lowest BCUT2D eigenvalue weighted by molar-refractivity contribution is 0.0903. The number of halogens is 6. The first-order valence-corrected chi connectivity index (χ1v) is 18.1. The topological polar surface area (TPSA) is 109 Å². The molecule has 0 aliphatic carbocycles. The number of fused-ring (bicyclic) bond motifs is 2. The predicted molar refractivity (Wildman–Crippen MR) is 180 cm³/mol. The largest absolute Gasteiger partial charge is 0.268 e. The fourth-order valence-corrected chi connectivity index (χ4v) is 10.0. The van der Waals surface area contributed by atoms with Crippen LogP contribution in [0.25, 0.3) is 0 Å². The number of imide groups is 2. The van der Waals surface area contributed by atoms with Crippen LogP contribution in [0.2, 0.25) is 0 Å². The average molecular weight is 982 g/mol. The number of anilines is 2. The van der Waals surface area contributed by atoms with Crippen molar-refractivity contribution in [2.24, 2.45) is 0 Å². The Morgan fingerprint density at radius 3 is 1.56 bits per heavy atom. The van der Waals surface area contributed by atoms with Gasteiger partial charge in [-0.1, -0.05) is 12.1 Å². The zero-order valence-electron chi connectivity index (χ0n) is 20.8. The third-order valence-corrected chi connectivity index (χ3v) is 14.7. The van der Waals surface area contributed by atoms with Crippen molar-refractivity contribution in [2.45, 2.75) is 9.79 Å². The highest BCUT2D eigenvalue weighted by Gasteiger charge is 2.46. The fourth-order valence-electron chi connectivity index (χ4n) is 4.86. The van der Waals surface area contributed by atoms with Gasteiger partial charge in [0.2, 0.25) is 9.84 Å². The van der Waals surface area contributed by atoms with Gasteiger partial charge in [0.25, 0.3) is 23.6 Å². The smallest absolute Gasteiger partial charge is 0.267 e. The maximum Gasteiger partial charge on any atom is 0.267 e. The van der Waals surface area contributed by atoms with Crippen LogP contribution in [0.5, 0.6) is 0 Å². The van der Waals surface area contributed by atoms with Gasteiger partial charge in [0, 0.05) is 22.4 Å². The van der Waals surface area contributed by atoms with Gasteiger partial charge in [0.05, 0.1) is 47.9 Å². The maximum absolute atomic E-state index is 13.9. The molecule has 0 fully saturated rings. The number of carbonyl (C=O) groups is 4. The van der Waals surface area contributed by atoms with Gasteiger partial charge in [-0.3, -0.25) is 19.2 Å². The van der Waals surface area contributed by atoms with Gasteiger partial charge in [0.1, 0.15) is 0 Å². The second-order valence-corrected chi connectivity index (χ2v) is 16.0. The Kier molecular flexibility index (Phi) is 8.00. The Morgan fingerprint density at radius 2 is 1.00 bits per heavy atom. The Hall–Kier alpha value is -2.01. The summed E-state index contributed by atoms with van der Waals surface area (Å²) in [6, 6.07) is 14.7. The van der Waals surface area contributed by atoms with Crippen LogP contribution < -0.4 is 9.80 Å². The molecule has 15 heteroatoms. The van der Waals surface area contributed by atoms with Crippen molar-refractivity contribution >= 4 is 140 Å². The molecule has 4 amide bonds. The fraction of sp³-hybridized carbons (Fsp3) is 0. The first-order chi connectivity index (χ1) is 20.3. The summed E-state index contributed by atoms with van der Waals surface area (Å²) >= 11 is 20.0. The number of amides is 4. The Balaban J connectivity index is 1.64. The standard InChI is InChI=1S/C28H10Br6N2O6S/c29-13-3-1-2-4-17(13)43(41,42)18-10-9-16(35-25(37)11-5-7-14(30)21(32)19(11)27(35)39)24(23(18)34)36-26(38)12-6-8-15(31)22(33)20(12)28(36)40/h1-10H. The van der Waals surface area contributed by atoms with Gasteiger partial charge in [0.15, 0.2) is 0 Å². The van der Waals surface area contributed by atoms with E-state index in [0.29, 0.717) is 17.9 Å². The third kappa shape index (κ3) is 4.60. The zero-order valence-corrected chi connectivity index (χ0v) is 31.1. The molecule has 0 spiro atoms. The lowest BCUT2D eigenvalue weighted by Crippen LogP contribution is -2.35.